The number of benzene rings is 1. The van der Waals surface area contributed by atoms with Gasteiger partial charge >= 0.3 is 5.97 Å². The lowest BCUT2D eigenvalue weighted by atomic mass is 10.3. The Labute approximate surface area is 166 Å². The molecule has 1 aromatic rings. The number of carbonyl (C=O) groups excluding carboxylic acids is 3. The normalized spacial score (nSPS) is 9.85. The minimum absolute atomic E-state index is 0.0978. The van der Waals surface area contributed by atoms with Crippen LogP contribution in [0.5, 0.6) is 5.75 Å². The lowest BCUT2D eigenvalue weighted by molar-refractivity contribution is -0.146. The SMILES string of the molecule is COCCOC(=O)CCC(=O)NC(=S)NNC(=O)COc1ccc(Cl)cc1. The molecule has 0 aliphatic carbocycles. The van der Waals surface area contributed by atoms with Gasteiger partial charge in [0.25, 0.3) is 5.91 Å². The lowest BCUT2D eigenvalue weighted by Crippen LogP contribution is -2.49. The Morgan fingerprint density at radius 3 is 2.41 bits per heavy atom. The maximum atomic E-state index is 11.7. The third-order valence-corrected chi connectivity index (χ3v) is 3.31. The highest BCUT2D eigenvalue weighted by Gasteiger charge is 2.10. The topological polar surface area (TPSA) is 115 Å². The van der Waals surface area contributed by atoms with E-state index in [1.807, 2.05) is 0 Å². The third-order valence-electron chi connectivity index (χ3n) is 2.86. The van der Waals surface area contributed by atoms with Crippen molar-refractivity contribution in [2.75, 3.05) is 26.9 Å². The number of methoxy groups -OCH3 is 1. The van der Waals surface area contributed by atoms with E-state index in [-0.39, 0.29) is 37.8 Å². The van der Waals surface area contributed by atoms with Crippen molar-refractivity contribution in [2.24, 2.45) is 0 Å². The fourth-order valence-corrected chi connectivity index (χ4v) is 1.88. The van der Waals surface area contributed by atoms with E-state index in [0.29, 0.717) is 10.8 Å². The monoisotopic (exact) mass is 417 g/mol. The van der Waals surface area contributed by atoms with E-state index >= 15 is 0 Å². The molecule has 9 nitrogen and oxygen atoms in total. The second kappa shape index (κ2) is 12.8. The second-order valence-corrected chi connectivity index (χ2v) is 5.85. The van der Waals surface area contributed by atoms with Crippen molar-refractivity contribution in [3.63, 3.8) is 0 Å². The second-order valence-electron chi connectivity index (χ2n) is 5.01. The lowest BCUT2D eigenvalue weighted by Gasteiger charge is -2.11. The molecule has 3 N–H and O–H groups in total. The van der Waals surface area contributed by atoms with Gasteiger partial charge in [0.15, 0.2) is 11.7 Å². The highest BCUT2D eigenvalue weighted by Crippen LogP contribution is 2.15. The molecule has 0 aliphatic rings. The quantitative estimate of drug-likeness (QED) is 0.233. The van der Waals surface area contributed by atoms with Crippen LogP contribution in [0.15, 0.2) is 24.3 Å². The molecule has 0 atom stereocenters. The van der Waals surface area contributed by atoms with E-state index < -0.39 is 17.8 Å². The van der Waals surface area contributed by atoms with Crippen LogP contribution in [0.25, 0.3) is 0 Å². The number of hydrogen-bond acceptors (Lipinski definition) is 7. The molecule has 0 radical (unpaired) electrons. The van der Waals surface area contributed by atoms with E-state index in [0.717, 1.165) is 0 Å². The fraction of sp³-hybridized carbons (Fsp3) is 0.375. The predicted octanol–water partition coefficient (Wildman–Crippen LogP) is 0.711. The zero-order valence-corrected chi connectivity index (χ0v) is 16.2. The Balaban J connectivity index is 2.16. The van der Waals surface area contributed by atoms with E-state index in [1.54, 1.807) is 24.3 Å². The van der Waals surface area contributed by atoms with E-state index in [1.165, 1.54) is 7.11 Å². The van der Waals surface area contributed by atoms with Crippen LogP contribution in [0, 0.1) is 0 Å². The summed E-state index contributed by atoms with van der Waals surface area (Å²) in [5, 5.41) is 2.75. The van der Waals surface area contributed by atoms with Gasteiger partial charge in [-0.15, -0.1) is 0 Å². The van der Waals surface area contributed by atoms with Crippen molar-refractivity contribution >= 4 is 46.7 Å². The standard InChI is InChI=1S/C16H20ClN3O6S/c1-24-8-9-25-15(23)7-6-13(21)18-16(27)20-19-14(22)10-26-12-4-2-11(17)3-5-12/h2-5H,6-10H2,1H3,(H,19,22)(H2,18,20,21,27). The number of amides is 2. The van der Waals surface area contributed by atoms with Crippen molar-refractivity contribution in [1.82, 2.24) is 16.2 Å². The zero-order valence-electron chi connectivity index (χ0n) is 14.6. The average Bonchev–Trinajstić information content (AvgIpc) is 2.64. The minimum atomic E-state index is -0.520. The molecule has 0 spiro atoms. The molecule has 1 rings (SSSR count). The van der Waals surface area contributed by atoms with Crippen molar-refractivity contribution < 1.29 is 28.6 Å². The molecule has 0 fully saturated rings. The number of nitrogens with one attached hydrogen (secondary N) is 3. The highest BCUT2D eigenvalue weighted by atomic mass is 35.5. The van der Waals surface area contributed by atoms with Crippen LogP contribution >= 0.6 is 23.8 Å². The summed E-state index contributed by atoms with van der Waals surface area (Å²) >= 11 is 10.6. The van der Waals surface area contributed by atoms with Gasteiger partial charge in [-0.2, -0.15) is 0 Å². The van der Waals surface area contributed by atoms with Crippen LogP contribution in [0.1, 0.15) is 12.8 Å². The number of ether oxygens (including phenoxy) is 3. The Hall–Kier alpha value is -2.43. The summed E-state index contributed by atoms with van der Waals surface area (Å²) in [6.45, 7) is 0.146. The van der Waals surface area contributed by atoms with E-state index in [9.17, 15) is 14.4 Å². The van der Waals surface area contributed by atoms with Gasteiger partial charge in [0.05, 0.1) is 13.0 Å². The number of thiocarbonyl (C=S) groups is 1. The molecule has 148 valence electrons. The molecule has 27 heavy (non-hydrogen) atoms. The molecule has 0 saturated carbocycles. The predicted molar refractivity (Wildman–Crippen MR) is 101 cm³/mol. The molecule has 2 amide bonds. The van der Waals surface area contributed by atoms with Crippen LogP contribution in [-0.4, -0.2) is 49.8 Å². The first kappa shape index (κ1) is 22.6. The fourth-order valence-electron chi connectivity index (χ4n) is 1.59. The maximum Gasteiger partial charge on any atom is 0.306 e. The van der Waals surface area contributed by atoms with Crippen LogP contribution in [0.4, 0.5) is 0 Å². The van der Waals surface area contributed by atoms with Gasteiger partial charge in [-0.3, -0.25) is 25.2 Å². The highest BCUT2D eigenvalue weighted by molar-refractivity contribution is 7.80. The number of esters is 1. The average molecular weight is 418 g/mol. The van der Waals surface area contributed by atoms with Gasteiger partial charge in [0.1, 0.15) is 12.4 Å². The Morgan fingerprint density at radius 2 is 1.74 bits per heavy atom. The van der Waals surface area contributed by atoms with Crippen molar-refractivity contribution in [1.29, 1.82) is 0 Å². The van der Waals surface area contributed by atoms with Crippen molar-refractivity contribution in [2.45, 2.75) is 12.8 Å². The summed E-state index contributed by atoms with van der Waals surface area (Å²) in [6.07, 6.45) is -0.208. The molecule has 11 heteroatoms. The van der Waals surface area contributed by atoms with Crippen LogP contribution in [0.2, 0.25) is 5.02 Å². The maximum absolute atomic E-state index is 11.7. The van der Waals surface area contributed by atoms with Gasteiger partial charge < -0.3 is 19.5 Å². The molecule has 0 heterocycles. The van der Waals surface area contributed by atoms with Crippen molar-refractivity contribution in [3.05, 3.63) is 29.3 Å². The number of rotatable bonds is 9. The first-order valence-corrected chi connectivity index (χ1v) is 8.61. The first-order valence-electron chi connectivity index (χ1n) is 7.82. The zero-order chi connectivity index (χ0) is 20.1. The molecular formula is C16H20ClN3O6S. The summed E-state index contributed by atoms with van der Waals surface area (Å²) in [7, 11) is 1.48. The van der Waals surface area contributed by atoms with Gasteiger partial charge in [-0.05, 0) is 36.5 Å². The number of carbonyl (C=O) groups is 3. The van der Waals surface area contributed by atoms with Crippen LogP contribution < -0.4 is 20.9 Å². The Bertz CT molecular complexity index is 656. The minimum Gasteiger partial charge on any atom is -0.484 e. The Morgan fingerprint density at radius 1 is 1.04 bits per heavy atom. The molecule has 0 aromatic heterocycles. The van der Waals surface area contributed by atoms with Crippen LogP contribution in [0.3, 0.4) is 0 Å². The molecule has 0 saturated heterocycles. The summed E-state index contributed by atoms with van der Waals surface area (Å²) in [4.78, 5) is 34.6. The third kappa shape index (κ3) is 11.0. The summed E-state index contributed by atoms with van der Waals surface area (Å²) < 4.78 is 14.8. The summed E-state index contributed by atoms with van der Waals surface area (Å²) in [6, 6.07) is 6.50. The van der Waals surface area contributed by atoms with Crippen molar-refractivity contribution in [3.8, 4) is 5.75 Å². The summed E-state index contributed by atoms with van der Waals surface area (Å²) in [5.41, 5.74) is 4.62. The Kier molecular flexibility index (Phi) is 10.8. The van der Waals surface area contributed by atoms with Gasteiger partial charge in [0.2, 0.25) is 5.91 Å². The van der Waals surface area contributed by atoms with Crippen LogP contribution in [-0.2, 0) is 23.9 Å². The number of hydrazine groups is 1. The summed E-state index contributed by atoms with van der Waals surface area (Å²) in [5.74, 6) is -1.05. The number of halogens is 1. The number of hydrogen-bond donors (Lipinski definition) is 3. The molecule has 0 aliphatic heterocycles. The van der Waals surface area contributed by atoms with Gasteiger partial charge in [-0.25, -0.2) is 0 Å². The van der Waals surface area contributed by atoms with Gasteiger partial charge in [-0.1, -0.05) is 11.6 Å². The largest absolute Gasteiger partial charge is 0.484 e. The van der Waals surface area contributed by atoms with E-state index in [2.05, 4.69) is 16.2 Å². The molecule has 0 unspecified atom stereocenters. The smallest absolute Gasteiger partial charge is 0.306 e. The molecule has 0 bridgehead atoms. The molecule has 1 aromatic carbocycles. The van der Waals surface area contributed by atoms with Gasteiger partial charge in [0, 0.05) is 18.6 Å². The first-order chi connectivity index (χ1) is 12.9. The molecular weight excluding hydrogens is 398 g/mol. The van der Waals surface area contributed by atoms with E-state index in [4.69, 9.17) is 38.0 Å².